The minimum Gasteiger partial charge on any atom is -0.375 e. The zero-order chi connectivity index (χ0) is 15.7. The summed E-state index contributed by atoms with van der Waals surface area (Å²) in [4.78, 5) is 21.4. The molecule has 1 aliphatic heterocycles. The van der Waals surface area contributed by atoms with E-state index >= 15 is 0 Å². The molecule has 1 aliphatic carbocycles. The van der Waals surface area contributed by atoms with E-state index in [1.165, 1.54) is 12.8 Å². The van der Waals surface area contributed by atoms with Crippen LogP contribution in [-0.4, -0.2) is 28.1 Å². The van der Waals surface area contributed by atoms with Gasteiger partial charge in [-0.15, -0.1) is 0 Å². The lowest BCUT2D eigenvalue weighted by Gasteiger charge is -2.37. The molecule has 1 unspecified atom stereocenters. The van der Waals surface area contributed by atoms with Crippen LogP contribution in [0.25, 0.3) is 11.0 Å². The van der Waals surface area contributed by atoms with Gasteiger partial charge in [-0.3, -0.25) is 14.8 Å². The first-order valence-corrected chi connectivity index (χ1v) is 8.40. The van der Waals surface area contributed by atoms with Crippen molar-refractivity contribution in [3.05, 3.63) is 30.6 Å². The van der Waals surface area contributed by atoms with Gasteiger partial charge in [0.2, 0.25) is 5.91 Å². The van der Waals surface area contributed by atoms with Crippen LogP contribution >= 0.6 is 0 Å². The fraction of sp³-hybridized carbons (Fsp3) is 0.500. The van der Waals surface area contributed by atoms with Crippen LogP contribution in [-0.2, 0) is 9.53 Å². The maximum absolute atomic E-state index is 12.7. The Hall–Kier alpha value is -2.01. The Labute approximate surface area is 135 Å². The van der Waals surface area contributed by atoms with E-state index in [1.54, 1.807) is 12.4 Å². The fourth-order valence-corrected chi connectivity index (χ4v) is 3.93. The Morgan fingerprint density at radius 3 is 2.96 bits per heavy atom. The van der Waals surface area contributed by atoms with Crippen LogP contribution in [0.4, 0.5) is 5.69 Å². The number of aromatic nitrogens is 2. The molecule has 1 saturated carbocycles. The van der Waals surface area contributed by atoms with Crippen LogP contribution in [0.2, 0.25) is 0 Å². The highest BCUT2D eigenvalue weighted by atomic mass is 16.5. The summed E-state index contributed by atoms with van der Waals surface area (Å²) in [7, 11) is 0. The van der Waals surface area contributed by atoms with Gasteiger partial charge in [-0.2, -0.15) is 0 Å². The van der Waals surface area contributed by atoms with Gasteiger partial charge in [-0.1, -0.05) is 12.8 Å². The van der Waals surface area contributed by atoms with Gasteiger partial charge in [-0.25, -0.2) is 0 Å². The van der Waals surface area contributed by atoms with Crippen molar-refractivity contribution in [3.63, 3.8) is 0 Å². The summed E-state index contributed by atoms with van der Waals surface area (Å²) in [5.41, 5.74) is 2.24. The van der Waals surface area contributed by atoms with E-state index in [2.05, 4.69) is 15.3 Å². The van der Waals surface area contributed by atoms with Crippen LogP contribution in [0.15, 0.2) is 30.6 Å². The van der Waals surface area contributed by atoms with Gasteiger partial charge >= 0.3 is 0 Å². The molecule has 5 heteroatoms. The van der Waals surface area contributed by atoms with E-state index in [0.717, 1.165) is 42.4 Å². The number of fused-ring (bicyclic) bond motifs is 1. The molecule has 2 aromatic heterocycles. The van der Waals surface area contributed by atoms with Gasteiger partial charge in [-0.05, 0) is 43.9 Å². The smallest absolute Gasteiger partial charge is 0.227 e. The SMILES string of the molecule is O=C(Nc1ccnc2cccnc12)C1CCOC2(CCCC2)C1. The number of anilines is 1. The maximum atomic E-state index is 12.7. The van der Waals surface area contributed by atoms with Gasteiger partial charge in [0.1, 0.15) is 5.52 Å². The van der Waals surface area contributed by atoms with Crippen molar-refractivity contribution in [3.8, 4) is 0 Å². The van der Waals surface area contributed by atoms with E-state index in [0.29, 0.717) is 6.61 Å². The average Bonchev–Trinajstić information content (AvgIpc) is 3.03. The van der Waals surface area contributed by atoms with Crippen molar-refractivity contribution in [2.24, 2.45) is 5.92 Å². The predicted molar refractivity (Wildman–Crippen MR) is 88.0 cm³/mol. The number of ether oxygens (including phenoxy) is 1. The van der Waals surface area contributed by atoms with E-state index in [1.807, 2.05) is 18.2 Å². The molecule has 2 aromatic rings. The molecular weight excluding hydrogens is 290 g/mol. The summed E-state index contributed by atoms with van der Waals surface area (Å²) in [6, 6.07) is 5.57. The molecule has 1 amide bonds. The number of hydrogen-bond donors (Lipinski definition) is 1. The third-order valence-corrected chi connectivity index (χ3v) is 5.13. The summed E-state index contributed by atoms with van der Waals surface area (Å²) < 4.78 is 6.02. The minimum atomic E-state index is -0.0428. The molecule has 1 saturated heterocycles. The summed E-state index contributed by atoms with van der Waals surface area (Å²) >= 11 is 0. The molecule has 3 heterocycles. The largest absolute Gasteiger partial charge is 0.375 e. The van der Waals surface area contributed by atoms with Crippen molar-refractivity contribution in [2.45, 2.75) is 44.1 Å². The molecular formula is C18H21N3O2. The first kappa shape index (κ1) is 14.6. The molecule has 5 nitrogen and oxygen atoms in total. The van der Waals surface area contributed by atoms with Crippen LogP contribution < -0.4 is 5.32 Å². The second-order valence-corrected chi connectivity index (χ2v) is 6.65. The van der Waals surface area contributed by atoms with Crippen molar-refractivity contribution < 1.29 is 9.53 Å². The molecule has 1 N–H and O–H groups in total. The lowest BCUT2D eigenvalue weighted by Crippen LogP contribution is -2.41. The van der Waals surface area contributed by atoms with Crippen molar-refractivity contribution in [1.29, 1.82) is 0 Å². The zero-order valence-electron chi connectivity index (χ0n) is 13.1. The topological polar surface area (TPSA) is 64.1 Å². The molecule has 2 fully saturated rings. The van der Waals surface area contributed by atoms with E-state index in [9.17, 15) is 4.79 Å². The quantitative estimate of drug-likeness (QED) is 0.924. The minimum absolute atomic E-state index is 0.0220. The van der Waals surface area contributed by atoms with Gasteiger partial charge in [0.25, 0.3) is 0 Å². The number of nitrogens with one attached hydrogen (secondary N) is 1. The first-order chi connectivity index (χ1) is 11.3. The van der Waals surface area contributed by atoms with Crippen LogP contribution in [0, 0.1) is 5.92 Å². The number of nitrogens with zero attached hydrogens (tertiary/aromatic N) is 2. The normalized spacial score (nSPS) is 23.2. The summed E-state index contributed by atoms with van der Waals surface area (Å²) in [6.07, 6.45) is 9.69. The highest BCUT2D eigenvalue weighted by Gasteiger charge is 2.41. The second kappa shape index (κ2) is 5.89. The van der Waals surface area contributed by atoms with Crippen molar-refractivity contribution in [2.75, 3.05) is 11.9 Å². The van der Waals surface area contributed by atoms with Gasteiger partial charge in [0.05, 0.1) is 16.8 Å². The van der Waals surface area contributed by atoms with E-state index in [4.69, 9.17) is 4.74 Å². The molecule has 4 rings (SSSR count). The molecule has 120 valence electrons. The lowest BCUT2D eigenvalue weighted by molar-refractivity contribution is -0.133. The first-order valence-electron chi connectivity index (χ1n) is 8.40. The Balaban J connectivity index is 1.53. The average molecular weight is 311 g/mol. The van der Waals surface area contributed by atoms with Crippen molar-refractivity contribution >= 4 is 22.6 Å². The zero-order valence-corrected chi connectivity index (χ0v) is 13.1. The standard InChI is InChI=1S/C18H21N3O2/c22-17(13-6-11-23-18(12-13)7-1-2-8-18)21-15-5-10-19-14-4-3-9-20-16(14)15/h3-5,9-10,13H,1-2,6-8,11-12H2,(H,19,21,22). The summed E-state index contributed by atoms with van der Waals surface area (Å²) in [5.74, 6) is 0.103. The number of carbonyl (C=O) groups excluding carboxylic acids is 1. The number of pyridine rings is 2. The fourth-order valence-electron chi connectivity index (χ4n) is 3.93. The van der Waals surface area contributed by atoms with Crippen molar-refractivity contribution in [1.82, 2.24) is 9.97 Å². The monoisotopic (exact) mass is 311 g/mol. The van der Waals surface area contributed by atoms with Gasteiger partial charge in [0, 0.05) is 24.9 Å². The molecule has 0 aromatic carbocycles. The maximum Gasteiger partial charge on any atom is 0.227 e. The third-order valence-electron chi connectivity index (χ3n) is 5.13. The molecule has 0 bridgehead atoms. The Morgan fingerprint density at radius 1 is 1.22 bits per heavy atom. The lowest BCUT2D eigenvalue weighted by atomic mass is 9.84. The predicted octanol–water partition coefficient (Wildman–Crippen LogP) is 3.31. The molecule has 23 heavy (non-hydrogen) atoms. The Bertz CT molecular complexity index is 720. The number of hydrogen-bond acceptors (Lipinski definition) is 4. The number of rotatable bonds is 2. The van der Waals surface area contributed by atoms with Crippen LogP contribution in [0.5, 0.6) is 0 Å². The number of carbonyl (C=O) groups is 1. The summed E-state index contributed by atoms with van der Waals surface area (Å²) in [5, 5.41) is 3.06. The molecule has 1 atom stereocenters. The van der Waals surface area contributed by atoms with E-state index < -0.39 is 0 Å². The van der Waals surface area contributed by atoms with Gasteiger partial charge < -0.3 is 10.1 Å². The molecule has 2 aliphatic rings. The summed E-state index contributed by atoms with van der Waals surface area (Å²) in [6.45, 7) is 0.688. The van der Waals surface area contributed by atoms with E-state index in [-0.39, 0.29) is 17.4 Å². The van der Waals surface area contributed by atoms with Crippen LogP contribution in [0.1, 0.15) is 38.5 Å². The second-order valence-electron chi connectivity index (χ2n) is 6.65. The number of amides is 1. The Morgan fingerprint density at radius 2 is 2.09 bits per heavy atom. The Kier molecular flexibility index (Phi) is 3.73. The van der Waals surface area contributed by atoms with Gasteiger partial charge in [0.15, 0.2) is 0 Å². The van der Waals surface area contributed by atoms with Crippen LogP contribution in [0.3, 0.4) is 0 Å². The molecule has 0 radical (unpaired) electrons. The third kappa shape index (κ3) is 2.81. The highest BCUT2D eigenvalue weighted by Crippen LogP contribution is 2.42. The highest BCUT2D eigenvalue weighted by molar-refractivity contribution is 5.99. The molecule has 1 spiro atoms.